The summed E-state index contributed by atoms with van der Waals surface area (Å²) in [6, 6.07) is 0.291. The van der Waals surface area contributed by atoms with Crippen molar-refractivity contribution >= 4 is 29.9 Å². The van der Waals surface area contributed by atoms with Crippen molar-refractivity contribution in [1.29, 1.82) is 0 Å². The lowest BCUT2D eigenvalue weighted by atomic mass is 10.1. The van der Waals surface area contributed by atoms with Gasteiger partial charge in [0.2, 0.25) is 0 Å². The fraction of sp³-hybridized carbons (Fsp3) is 0.800. The van der Waals surface area contributed by atoms with Crippen molar-refractivity contribution in [3.05, 3.63) is 17.0 Å². The number of aromatic nitrogens is 2. The van der Waals surface area contributed by atoms with E-state index in [2.05, 4.69) is 55.3 Å². The zero-order valence-electron chi connectivity index (χ0n) is 18.4. The number of nitrogens with one attached hydrogen (secondary N) is 2. The molecule has 1 aliphatic heterocycles. The zero-order chi connectivity index (χ0) is 19.8. The number of halogens is 1. The lowest BCUT2D eigenvalue weighted by molar-refractivity contribution is 0.0323. The molecule has 1 saturated heterocycles. The predicted octanol–water partition coefficient (Wildman–Crippen LogP) is 2.11. The van der Waals surface area contributed by atoms with Crippen LogP contribution in [0.5, 0.6) is 0 Å². The molecule has 0 radical (unpaired) electrons. The molecule has 0 aromatic carbocycles. The average Bonchev–Trinajstić information content (AvgIpc) is 2.87. The van der Waals surface area contributed by atoms with Crippen LogP contribution < -0.4 is 10.6 Å². The van der Waals surface area contributed by atoms with Crippen LogP contribution in [-0.2, 0) is 18.2 Å². The molecule has 1 fully saturated rings. The molecule has 2 heterocycles. The van der Waals surface area contributed by atoms with Crippen LogP contribution in [0.4, 0.5) is 0 Å². The van der Waals surface area contributed by atoms with Crippen LogP contribution in [0.2, 0.25) is 0 Å². The van der Waals surface area contributed by atoms with Gasteiger partial charge in [0.15, 0.2) is 5.96 Å². The first-order valence-corrected chi connectivity index (χ1v) is 10.2. The number of hydrogen-bond donors (Lipinski definition) is 2. The molecule has 0 amide bonds. The zero-order valence-corrected chi connectivity index (χ0v) is 20.7. The molecular weight excluding hydrogens is 467 g/mol. The molecule has 162 valence electrons. The Labute approximate surface area is 187 Å². The topological polar surface area (TPSA) is 66.7 Å². The van der Waals surface area contributed by atoms with Gasteiger partial charge in [-0.25, -0.2) is 0 Å². The van der Waals surface area contributed by atoms with Gasteiger partial charge in [0.05, 0.1) is 18.9 Å². The van der Waals surface area contributed by atoms with Gasteiger partial charge in [-0.3, -0.25) is 14.6 Å². The third kappa shape index (κ3) is 7.87. The van der Waals surface area contributed by atoms with E-state index >= 15 is 0 Å². The molecule has 0 bridgehead atoms. The second kappa shape index (κ2) is 12.6. The third-order valence-corrected chi connectivity index (χ3v) is 5.13. The minimum absolute atomic E-state index is 0. The molecule has 2 unspecified atom stereocenters. The van der Waals surface area contributed by atoms with Gasteiger partial charge < -0.3 is 15.4 Å². The van der Waals surface area contributed by atoms with Crippen LogP contribution in [-0.4, -0.2) is 72.6 Å². The molecule has 28 heavy (non-hydrogen) atoms. The maximum Gasteiger partial charge on any atom is 0.191 e. The first kappa shape index (κ1) is 25.2. The lowest BCUT2D eigenvalue weighted by Crippen LogP contribution is -2.44. The number of hydrogen-bond acceptors (Lipinski definition) is 4. The van der Waals surface area contributed by atoms with Crippen molar-refractivity contribution in [2.24, 2.45) is 18.0 Å². The molecule has 2 N–H and O–H groups in total. The summed E-state index contributed by atoms with van der Waals surface area (Å²) in [4.78, 5) is 7.30. The molecule has 1 aromatic rings. The highest BCUT2D eigenvalue weighted by Crippen LogP contribution is 2.14. The number of nitrogens with zero attached hydrogens (tertiary/aromatic N) is 4. The van der Waals surface area contributed by atoms with Crippen molar-refractivity contribution in [1.82, 2.24) is 25.3 Å². The summed E-state index contributed by atoms with van der Waals surface area (Å²) in [7, 11) is 2.01. The number of rotatable bonds is 8. The Bertz CT molecular complexity index is 612. The maximum atomic E-state index is 5.43. The van der Waals surface area contributed by atoms with Crippen LogP contribution >= 0.6 is 24.0 Å². The number of guanidine groups is 1. The van der Waals surface area contributed by atoms with E-state index in [-0.39, 0.29) is 24.0 Å². The van der Waals surface area contributed by atoms with Crippen molar-refractivity contribution in [3.8, 4) is 0 Å². The molecule has 7 nitrogen and oxygen atoms in total. The van der Waals surface area contributed by atoms with Crippen molar-refractivity contribution < 1.29 is 4.74 Å². The highest BCUT2D eigenvalue weighted by molar-refractivity contribution is 14.0. The Balaban J connectivity index is 0.00000392. The molecule has 8 heteroatoms. The second-order valence-corrected chi connectivity index (χ2v) is 7.76. The summed E-state index contributed by atoms with van der Waals surface area (Å²) in [6.45, 7) is 17.3. The molecule has 1 aromatic heterocycles. The van der Waals surface area contributed by atoms with Crippen LogP contribution in [0.1, 0.15) is 37.7 Å². The van der Waals surface area contributed by atoms with Crippen LogP contribution in [0.15, 0.2) is 4.99 Å². The van der Waals surface area contributed by atoms with E-state index in [1.807, 2.05) is 11.7 Å². The monoisotopic (exact) mass is 506 g/mol. The minimum atomic E-state index is 0. The highest BCUT2D eigenvalue weighted by Gasteiger charge is 2.15. The quantitative estimate of drug-likeness (QED) is 0.321. The fourth-order valence-corrected chi connectivity index (χ4v) is 3.55. The van der Waals surface area contributed by atoms with Gasteiger partial charge in [-0.1, -0.05) is 6.92 Å². The van der Waals surface area contributed by atoms with Gasteiger partial charge in [-0.05, 0) is 45.6 Å². The normalized spacial score (nSPS) is 17.7. The summed E-state index contributed by atoms with van der Waals surface area (Å²) < 4.78 is 7.39. The lowest BCUT2D eigenvalue weighted by Gasteiger charge is -2.28. The minimum Gasteiger partial charge on any atom is -0.379 e. The number of morpholine rings is 1. The summed E-state index contributed by atoms with van der Waals surface area (Å²) in [5.41, 5.74) is 3.68. The van der Waals surface area contributed by atoms with Crippen LogP contribution in [0, 0.1) is 19.8 Å². The van der Waals surface area contributed by atoms with Crippen molar-refractivity contribution in [3.63, 3.8) is 0 Å². The van der Waals surface area contributed by atoms with Gasteiger partial charge >= 0.3 is 0 Å². The van der Waals surface area contributed by atoms with Gasteiger partial charge in [0.1, 0.15) is 0 Å². The third-order valence-electron chi connectivity index (χ3n) is 5.13. The molecule has 0 saturated carbocycles. The predicted molar refractivity (Wildman–Crippen MR) is 127 cm³/mol. The van der Waals surface area contributed by atoms with Gasteiger partial charge in [0.25, 0.3) is 0 Å². The van der Waals surface area contributed by atoms with E-state index in [0.717, 1.165) is 64.0 Å². The Morgan fingerprint density at radius 3 is 2.50 bits per heavy atom. The summed E-state index contributed by atoms with van der Waals surface area (Å²) in [6.07, 6.45) is 0.944. The average molecular weight is 506 g/mol. The largest absolute Gasteiger partial charge is 0.379 e. The Hall–Kier alpha value is -0.870. The first-order chi connectivity index (χ1) is 12.9. The van der Waals surface area contributed by atoms with E-state index in [0.29, 0.717) is 12.0 Å². The smallest absolute Gasteiger partial charge is 0.191 e. The highest BCUT2D eigenvalue weighted by atomic mass is 127. The van der Waals surface area contributed by atoms with Gasteiger partial charge in [0, 0.05) is 51.5 Å². The Morgan fingerprint density at radius 2 is 1.93 bits per heavy atom. The fourth-order valence-electron chi connectivity index (χ4n) is 3.55. The molecular formula is C20H39IN6O. The maximum absolute atomic E-state index is 5.43. The van der Waals surface area contributed by atoms with E-state index in [1.54, 1.807) is 0 Å². The van der Waals surface area contributed by atoms with Crippen molar-refractivity contribution in [2.75, 3.05) is 45.9 Å². The van der Waals surface area contributed by atoms with E-state index < -0.39 is 0 Å². The van der Waals surface area contributed by atoms with E-state index in [4.69, 9.17) is 9.73 Å². The molecule has 0 spiro atoms. The summed E-state index contributed by atoms with van der Waals surface area (Å²) in [5.74, 6) is 1.43. The first-order valence-electron chi connectivity index (χ1n) is 10.2. The molecule has 2 rings (SSSR count). The molecule has 2 atom stereocenters. The number of aliphatic imine (C=N–C) groups is 1. The number of aryl methyl sites for hydroxylation is 2. The van der Waals surface area contributed by atoms with E-state index in [9.17, 15) is 0 Å². The SMILES string of the molecule is CCNC(=NCC(C)CN1CCOCC1)NC(C)Cc1c(C)nn(C)c1C.I. The standard InChI is InChI=1S/C20H38N6O.HI/c1-7-21-20(22-13-15(2)14-26-8-10-27-11-9-26)23-16(3)12-19-17(4)24-25(6)18(19)5;/h15-16H,7-14H2,1-6H3,(H2,21,22,23);1H. The van der Waals surface area contributed by atoms with Crippen molar-refractivity contribution in [2.45, 2.75) is 47.1 Å². The summed E-state index contributed by atoms with van der Waals surface area (Å²) in [5, 5.41) is 11.5. The van der Waals surface area contributed by atoms with Gasteiger partial charge in [-0.15, -0.1) is 24.0 Å². The summed E-state index contributed by atoms with van der Waals surface area (Å²) >= 11 is 0. The molecule has 0 aliphatic carbocycles. The Morgan fingerprint density at radius 1 is 1.25 bits per heavy atom. The van der Waals surface area contributed by atoms with Crippen LogP contribution in [0.25, 0.3) is 0 Å². The van der Waals surface area contributed by atoms with E-state index in [1.165, 1.54) is 11.3 Å². The Kier molecular flexibility index (Phi) is 11.4. The second-order valence-electron chi connectivity index (χ2n) is 7.76. The molecule has 1 aliphatic rings. The van der Waals surface area contributed by atoms with Gasteiger partial charge in [-0.2, -0.15) is 5.10 Å². The number of ether oxygens (including phenoxy) is 1. The van der Waals surface area contributed by atoms with Crippen LogP contribution in [0.3, 0.4) is 0 Å².